The second-order valence-electron chi connectivity index (χ2n) is 10.3. The summed E-state index contributed by atoms with van der Waals surface area (Å²) in [7, 11) is 0. The number of rotatable bonds is 5. The highest BCUT2D eigenvalue weighted by atomic mass is 19.1. The molecule has 1 fully saturated rings. The van der Waals surface area contributed by atoms with E-state index >= 15 is 0 Å². The summed E-state index contributed by atoms with van der Waals surface area (Å²) in [5, 5.41) is 27.8. The van der Waals surface area contributed by atoms with Crippen molar-refractivity contribution in [2.45, 2.75) is 44.1 Å². The summed E-state index contributed by atoms with van der Waals surface area (Å²) in [4.78, 5) is 13.4. The Morgan fingerprint density at radius 3 is 2.41 bits per heavy atom. The second kappa shape index (κ2) is 8.43. The van der Waals surface area contributed by atoms with Gasteiger partial charge in [0.2, 0.25) is 0 Å². The van der Waals surface area contributed by atoms with Gasteiger partial charge in [0.05, 0.1) is 40.4 Å². The second-order valence-corrected chi connectivity index (χ2v) is 10.3. The van der Waals surface area contributed by atoms with Gasteiger partial charge in [-0.15, -0.1) is 5.10 Å². The highest BCUT2D eigenvalue weighted by molar-refractivity contribution is 5.65. The first kappa shape index (κ1) is 23.7. The van der Waals surface area contributed by atoms with Crippen LogP contribution in [0.4, 0.5) is 8.78 Å². The molecule has 4 aromatic rings. The predicted molar refractivity (Wildman–Crippen MR) is 131 cm³/mol. The summed E-state index contributed by atoms with van der Waals surface area (Å²) in [6.45, 7) is 3.92. The van der Waals surface area contributed by atoms with E-state index in [1.165, 1.54) is 18.2 Å². The number of aliphatic hydroxyl groups excluding tert-OH is 2. The molecule has 0 saturated heterocycles. The van der Waals surface area contributed by atoms with Crippen LogP contribution >= 0.6 is 0 Å². The third kappa shape index (κ3) is 3.34. The van der Waals surface area contributed by atoms with Gasteiger partial charge in [-0.05, 0) is 60.1 Å². The molecule has 0 spiro atoms. The van der Waals surface area contributed by atoms with E-state index < -0.39 is 29.8 Å². The maximum Gasteiger partial charge on any atom is 0.159 e. The molecule has 2 aliphatic carbocycles. The fourth-order valence-corrected chi connectivity index (χ4v) is 6.31. The zero-order valence-corrected chi connectivity index (χ0v) is 20.4. The van der Waals surface area contributed by atoms with E-state index in [9.17, 15) is 13.9 Å². The topological polar surface area (TPSA) is 105 Å². The molecule has 2 N–H and O–H groups in total. The molecule has 1 unspecified atom stereocenters. The number of nitrogens with zero attached hydrogens (tertiary/aromatic N) is 5. The molecule has 188 valence electrons. The lowest BCUT2D eigenvalue weighted by atomic mass is 9.66. The monoisotopic (exact) mass is 501 g/mol. The van der Waals surface area contributed by atoms with Crippen LogP contribution in [0.5, 0.6) is 0 Å². The van der Waals surface area contributed by atoms with Crippen molar-refractivity contribution in [3.05, 3.63) is 89.3 Å². The summed E-state index contributed by atoms with van der Waals surface area (Å²) in [6, 6.07) is 11.4. The molecule has 2 bridgehead atoms. The lowest BCUT2D eigenvalue weighted by molar-refractivity contribution is 0.0886. The van der Waals surface area contributed by atoms with E-state index in [0.717, 1.165) is 29.8 Å². The molecular weight excluding hydrogens is 476 g/mol. The van der Waals surface area contributed by atoms with Crippen molar-refractivity contribution in [2.24, 2.45) is 5.41 Å². The average molecular weight is 502 g/mol. The van der Waals surface area contributed by atoms with Gasteiger partial charge in [0.1, 0.15) is 17.7 Å². The third-order valence-electron chi connectivity index (χ3n) is 8.23. The van der Waals surface area contributed by atoms with Crippen LogP contribution in [0.15, 0.2) is 54.9 Å². The summed E-state index contributed by atoms with van der Waals surface area (Å²) < 4.78 is 29.0. The molecule has 7 nitrogen and oxygen atoms in total. The molecule has 0 amide bonds. The van der Waals surface area contributed by atoms with Gasteiger partial charge >= 0.3 is 0 Å². The molecule has 1 aromatic carbocycles. The van der Waals surface area contributed by atoms with E-state index in [-0.39, 0.29) is 28.4 Å². The standard InChI is InChI=1S/C28H25F2N5O2/c1-27(2)17-9-10-28(27,25-16(17)11-21(34-35-25)24-18(29)5-3-6-19(24)30)23-8-4-7-20(33-23)15-12-31-26(32-13-15)22(37)14-36/h3-8,11-13,17,22,36-37H,9-10,14H2,1-2H3/t17?,22-,28-/m0/s1. The fraction of sp³-hybridized carbons (Fsp3) is 0.321. The maximum absolute atomic E-state index is 14.5. The first-order valence-electron chi connectivity index (χ1n) is 12.2. The molecule has 37 heavy (non-hydrogen) atoms. The number of fused-ring (bicyclic) bond motifs is 5. The number of aliphatic hydroxyl groups is 2. The van der Waals surface area contributed by atoms with E-state index in [1.54, 1.807) is 18.5 Å². The number of hydrogen-bond acceptors (Lipinski definition) is 7. The van der Waals surface area contributed by atoms with Crippen molar-refractivity contribution in [1.82, 2.24) is 25.1 Å². The Balaban J connectivity index is 1.45. The van der Waals surface area contributed by atoms with Crippen LogP contribution in [0.25, 0.3) is 22.5 Å². The highest BCUT2D eigenvalue weighted by Gasteiger charge is 2.65. The number of pyridine rings is 1. The Kier molecular flexibility index (Phi) is 5.40. The van der Waals surface area contributed by atoms with Gasteiger partial charge in [0, 0.05) is 18.0 Å². The largest absolute Gasteiger partial charge is 0.393 e. The Morgan fingerprint density at radius 1 is 1.00 bits per heavy atom. The third-order valence-corrected chi connectivity index (χ3v) is 8.23. The van der Waals surface area contributed by atoms with E-state index in [2.05, 4.69) is 34.0 Å². The normalized spacial score (nSPS) is 22.2. The summed E-state index contributed by atoms with van der Waals surface area (Å²) in [5.74, 6) is -1.05. The lowest BCUT2D eigenvalue weighted by Crippen LogP contribution is -2.37. The van der Waals surface area contributed by atoms with Crippen molar-refractivity contribution < 1.29 is 19.0 Å². The van der Waals surface area contributed by atoms with Crippen LogP contribution in [0.2, 0.25) is 0 Å². The zero-order chi connectivity index (χ0) is 25.9. The van der Waals surface area contributed by atoms with Crippen molar-refractivity contribution >= 4 is 0 Å². The number of benzene rings is 1. The minimum absolute atomic E-state index is 0.139. The number of halogens is 2. The van der Waals surface area contributed by atoms with E-state index in [0.29, 0.717) is 11.3 Å². The minimum Gasteiger partial charge on any atom is -0.393 e. The SMILES string of the molecule is CC1(C)C2CC[C@]1(c1cccc(-c3cnc([C@@H](O)CO)nc3)n1)c1nnc(-c3c(F)cccc3F)cc12. The van der Waals surface area contributed by atoms with Gasteiger partial charge in [-0.3, -0.25) is 4.98 Å². The Bertz CT molecular complexity index is 1490. The van der Waals surface area contributed by atoms with Crippen LogP contribution in [0.3, 0.4) is 0 Å². The molecule has 3 heterocycles. The molecule has 2 aliphatic rings. The van der Waals surface area contributed by atoms with Crippen LogP contribution < -0.4 is 0 Å². The van der Waals surface area contributed by atoms with Gasteiger partial charge in [-0.2, -0.15) is 5.10 Å². The quantitative estimate of drug-likeness (QED) is 0.415. The first-order valence-corrected chi connectivity index (χ1v) is 12.2. The molecule has 3 atom stereocenters. The Hall–Kier alpha value is -3.69. The maximum atomic E-state index is 14.5. The minimum atomic E-state index is -1.14. The van der Waals surface area contributed by atoms with E-state index in [4.69, 9.17) is 10.1 Å². The highest BCUT2D eigenvalue weighted by Crippen LogP contribution is 2.69. The number of hydrogen-bond donors (Lipinski definition) is 2. The van der Waals surface area contributed by atoms with Gasteiger partial charge in [-0.1, -0.05) is 26.0 Å². The van der Waals surface area contributed by atoms with Crippen molar-refractivity contribution in [3.63, 3.8) is 0 Å². The number of aromatic nitrogens is 5. The van der Waals surface area contributed by atoms with Crippen molar-refractivity contribution in [1.29, 1.82) is 0 Å². The van der Waals surface area contributed by atoms with Crippen LogP contribution in [-0.4, -0.2) is 42.0 Å². The molecule has 6 rings (SSSR count). The van der Waals surface area contributed by atoms with Crippen LogP contribution in [-0.2, 0) is 5.41 Å². The Morgan fingerprint density at radius 2 is 1.70 bits per heavy atom. The summed E-state index contributed by atoms with van der Waals surface area (Å²) in [6.07, 6.45) is 3.73. The van der Waals surface area contributed by atoms with Gasteiger partial charge in [0.15, 0.2) is 5.82 Å². The summed E-state index contributed by atoms with van der Waals surface area (Å²) >= 11 is 0. The van der Waals surface area contributed by atoms with Crippen molar-refractivity contribution in [3.8, 4) is 22.5 Å². The first-order chi connectivity index (χ1) is 17.8. The molecule has 0 aliphatic heterocycles. The van der Waals surface area contributed by atoms with Crippen LogP contribution in [0.1, 0.15) is 61.5 Å². The molecule has 9 heteroatoms. The van der Waals surface area contributed by atoms with Gasteiger partial charge in [-0.25, -0.2) is 18.7 Å². The molecule has 0 radical (unpaired) electrons. The van der Waals surface area contributed by atoms with E-state index in [1.807, 2.05) is 18.2 Å². The molecule has 3 aromatic heterocycles. The predicted octanol–water partition coefficient (Wildman–Crippen LogP) is 4.50. The average Bonchev–Trinajstić information content (AvgIpc) is 3.29. The zero-order valence-electron chi connectivity index (χ0n) is 20.4. The van der Waals surface area contributed by atoms with Crippen LogP contribution in [0, 0.1) is 17.0 Å². The fourth-order valence-electron chi connectivity index (χ4n) is 6.31. The Labute approximate surface area is 212 Å². The molecule has 1 saturated carbocycles. The van der Waals surface area contributed by atoms with Crippen molar-refractivity contribution in [2.75, 3.05) is 6.61 Å². The smallest absolute Gasteiger partial charge is 0.159 e. The van der Waals surface area contributed by atoms with Gasteiger partial charge < -0.3 is 10.2 Å². The van der Waals surface area contributed by atoms with Gasteiger partial charge in [0.25, 0.3) is 0 Å². The molecular formula is C28H25F2N5O2. The summed E-state index contributed by atoms with van der Waals surface area (Å²) in [5.41, 5.74) is 3.20. The lowest BCUT2D eigenvalue weighted by Gasteiger charge is -2.37.